The van der Waals surface area contributed by atoms with E-state index in [1.807, 2.05) is 6.07 Å². The Hall–Kier alpha value is -0.840. The molecule has 1 atom stereocenters. The first-order valence-electron chi connectivity index (χ1n) is 7.75. The Morgan fingerprint density at radius 1 is 1.35 bits per heavy atom. The predicted molar refractivity (Wildman–Crippen MR) is 82.9 cm³/mol. The van der Waals surface area contributed by atoms with E-state index in [1.54, 1.807) is 6.26 Å². The minimum atomic E-state index is 0.313. The summed E-state index contributed by atoms with van der Waals surface area (Å²) in [5.41, 5.74) is 0. The molecule has 0 saturated carbocycles. The molecule has 0 spiro atoms. The summed E-state index contributed by atoms with van der Waals surface area (Å²) < 4.78 is 5.56. The van der Waals surface area contributed by atoms with Crippen molar-refractivity contribution in [3.63, 3.8) is 0 Å². The van der Waals surface area contributed by atoms with Crippen molar-refractivity contribution in [1.82, 2.24) is 15.1 Å². The number of rotatable bonds is 6. The van der Waals surface area contributed by atoms with Gasteiger partial charge in [0.15, 0.2) is 0 Å². The van der Waals surface area contributed by atoms with Gasteiger partial charge in [-0.05, 0) is 66.0 Å². The zero-order valence-electron chi connectivity index (χ0n) is 13.3. The zero-order chi connectivity index (χ0) is 14.5. The molecule has 0 aliphatic carbocycles. The number of likely N-dealkylation sites (tertiary alicyclic amines) is 1. The van der Waals surface area contributed by atoms with Crippen molar-refractivity contribution in [2.45, 2.75) is 44.8 Å². The Morgan fingerprint density at radius 2 is 2.05 bits per heavy atom. The first-order chi connectivity index (χ1) is 9.58. The molecule has 20 heavy (non-hydrogen) atoms. The maximum atomic E-state index is 5.56. The molecule has 4 heteroatoms. The molecule has 0 radical (unpaired) electrons. The largest absolute Gasteiger partial charge is 0.468 e. The minimum Gasteiger partial charge on any atom is -0.468 e. The Labute approximate surface area is 123 Å². The van der Waals surface area contributed by atoms with Crippen LogP contribution >= 0.6 is 0 Å². The van der Waals surface area contributed by atoms with E-state index < -0.39 is 0 Å². The van der Waals surface area contributed by atoms with Crippen molar-refractivity contribution in [3.8, 4) is 0 Å². The number of likely N-dealkylation sites (N-methyl/N-ethyl adjacent to an activating group) is 1. The predicted octanol–water partition coefficient (Wildman–Crippen LogP) is 2.34. The molecule has 114 valence electrons. The molecule has 4 nitrogen and oxygen atoms in total. The Balaban J connectivity index is 1.80. The van der Waals surface area contributed by atoms with Crippen LogP contribution in [0.1, 0.15) is 38.5 Å². The van der Waals surface area contributed by atoms with Gasteiger partial charge in [-0.25, -0.2) is 0 Å². The lowest BCUT2D eigenvalue weighted by Crippen LogP contribution is -2.46. The highest BCUT2D eigenvalue weighted by atomic mass is 16.3. The van der Waals surface area contributed by atoms with Gasteiger partial charge in [0.2, 0.25) is 0 Å². The summed E-state index contributed by atoms with van der Waals surface area (Å²) in [5.74, 6) is 1.04. The molecule has 2 heterocycles. The van der Waals surface area contributed by atoms with E-state index in [9.17, 15) is 0 Å². The standard InChI is InChI=1S/C16H29N3O/c1-13(2)19-9-7-14(8-10-19)17-12-15(18(3)4)16-6-5-11-20-16/h5-6,11,13-15,17H,7-10,12H2,1-4H3. The van der Waals surface area contributed by atoms with Crippen LogP contribution in [0, 0.1) is 0 Å². The number of nitrogens with zero attached hydrogens (tertiary/aromatic N) is 2. The molecule has 1 aromatic heterocycles. The summed E-state index contributed by atoms with van der Waals surface area (Å²) in [6, 6.07) is 5.66. The van der Waals surface area contributed by atoms with Crippen molar-refractivity contribution < 1.29 is 4.42 Å². The summed E-state index contributed by atoms with van der Waals surface area (Å²) in [4.78, 5) is 4.78. The van der Waals surface area contributed by atoms with Gasteiger partial charge in [-0.2, -0.15) is 0 Å². The SMILES string of the molecule is CC(C)N1CCC(NCC(c2ccco2)N(C)C)CC1. The summed E-state index contributed by atoms with van der Waals surface area (Å²) >= 11 is 0. The van der Waals surface area contributed by atoms with Gasteiger partial charge in [-0.1, -0.05) is 0 Å². The molecular weight excluding hydrogens is 250 g/mol. The van der Waals surface area contributed by atoms with E-state index in [1.165, 1.54) is 25.9 Å². The molecule has 1 fully saturated rings. The zero-order valence-corrected chi connectivity index (χ0v) is 13.3. The second-order valence-electron chi connectivity index (χ2n) is 6.31. The van der Waals surface area contributed by atoms with Gasteiger partial charge in [0.1, 0.15) is 5.76 Å². The van der Waals surface area contributed by atoms with Gasteiger partial charge in [-0.15, -0.1) is 0 Å². The van der Waals surface area contributed by atoms with Crippen LogP contribution in [-0.4, -0.2) is 55.6 Å². The Bertz CT molecular complexity index is 367. The van der Waals surface area contributed by atoms with E-state index >= 15 is 0 Å². The van der Waals surface area contributed by atoms with Crippen LogP contribution in [0.5, 0.6) is 0 Å². The van der Waals surface area contributed by atoms with Crippen LogP contribution in [0.15, 0.2) is 22.8 Å². The lowest BCUT2D eigenvalue weighted by Gasteiger charge is -2.36. The lowest BCUT2D eigenvalue weighted by molar-refractivity contribution is 0.154. The fourth-order valence-electron chi connectivity index (χ4n) is 2.92. The first-order valence-corrected chi connectivity index (χ1v) is 7.75. The van der Waals surface area contributed by atoms with E-state index in [0.29, 0.717) is 18.1 Å². The van der Waals surface area contributed by atoms with E-state index in [0.717, 1.165) is 12.3 Å². The number of nitrogens with one attached hydrogen (secondary N) is 1. The monoisotopic (exact) mass is 279 g/mol. The van der Waals surface area contributed by atoms with Gasteiger partial charge >= 0.3 is 0 Å². The summed E-state index contributed by atoms with van der Waals surface area (Å²) in [6.07, 6.45) is 4.25. The van der Waals surface area contributed by atoms with Crippen LogP contribution in [0.4, 0.5) is 0 Å². The van der Waals surface area contributed by atoms with E-state index in [2.05, 4.69) is 49.1 Å². The van der Waals surface area contributed by atoms with Gasteiger partial charge in [-0.3, -0.25) is 4.90 Å². The third kappa shape index (κ3) is 4.08. The van der Waals surface area contributed by atoms with Gasteiger partial charge < -0.3 is 14.6 Å². The van der Waals surface area contributed by atoms with Gasteiger partial charge in [0.25, 0.3) is 0 Å². The first kappa shape index (κ1) is 15.5. The molecule has 1 saturated heterocycles. The highest BCUT2D eigenvalue weighted by Gasteiger charge is 2.23. The topological polar surface area (TPSA) is 31.6 Å². The van der Waals surface area contributed by atoms with Crippen LogP contribution in [-0.2, 0) is 0 Å². The minimum absolute atomic E-state index is 0.313. The molecular formula is C16H29N3O. The van der Waals surface area contributed by atoms with Gasteiger partial charge in [0, 0.05) is 18.6 Å². The third-order valence-electron chi connectivity index (χ3n) is 4.35. The Morgan fingerprint density at radius 3 is 2.55 bits per heavy atom. The van der Waals surface area contributed by atoms with Crippen LogP contribution in [0.2, 0.25) is 0 Å². The lowest BCUT2D eigenvalue weighted by atomic mass is 10.0. The normalized spacial score (nSPS) is 19.9. The summed E-state index contributed by atoms with van der Waals surface area (Å²) in [7, 11) is 4.21. The number of hydrogen-bond donors (Lipinski definition) is 1. The fourth-order valence-corrected chi connectivity index (χ4v) is 2.92. The molecule has 1 aliphatic rings. The van der Waals surface area contributed by atoms with Crippen LogP contribution in [0.3, 0.4) is 0 Å². The second-order valence-corrected chi connectivity index (χ2v) is 6.31. The van der Waals surface area contributed by atoms with Crippen LogP contribution < -0.4 is 5.32 Å². The molecule has 2 rings (SSSR count). The van der Waals surface area contributed by atoms with Crippen molar-refractivity contribution in [1.29, 1.82) is 0 Å². The van der Waals surface area contributed by atoms with Gasteiger partial charge in [0.05, 0.1) is 12.3 Å². The molecule has 0 aromatic carbocycles. The van der Waals surface area contributed by atoms with Crippen molar-refractivity contribution in [2.75, 3.05) is 33.7 Å². The van der Waals surface area contributed by atoms with E-state index in [-0.39, 0.29) is 0 Å². The summed E-state index contributed by atoms with van der Waals surface area (Å²) in [6.45, 7) is 7.94. The number of furan rings is 1. The highest BCUT2D eigenvalue weighted by molar-refractivity contribution is 5.05. The maximum Gasteiger partial charge on any atom is 0.122 e. The van der Waals surface area contributed by atoms with Crippen molar-refractivity contribution in [3.05, 3.63) is 24.2 Å². The molecule has 1 aliphatic heterocycles. The van der Waals surface area contributed by atoms with Crippen molar-refractivity contribution >= 4 is 0 Å². The molecule has 0 bridgehead atoms. The smallest absolute Gasteiger partial charge is 0.122 e. The fraction of sp³-hybridized carbons (Fsp3) is 0.750. The average molecular weight is 279 g/mol. The quantitative estimate of drug-likeness (QED) is 0.866. The second kappa shape index (κ2) is 7.25. The third-order valence-corrected chi connectivity index (χ3v) is 4.35. The number of piperidine rings is 1. The van der Waals surface area contributed by atoms with Crippen LogP contribution in [0.25, 0.3) is 0 Å². The van der Waals surface area contributed by atoms with E-state index in [4.69, 9.17) is 4.42 Å². The maximum absolute atomic E-state index is 5.56. The van der Waals surface area contributed by atoms with Crippen molar-refractivity contribution in [2.24, 2.45) is 0 Å². The highest BCUT2D eigenvalue weighted by Crippen LogP contribution is 2.19. The molecule has 0 amide bonds. The molecule has 1 N–H and O–H groups in total. The Kier molecular flexibility index (Phi) is 5.64. The number of hydrogen-bond acceptors (Lipinski definition) is 4. The average Bonchev–Trinajstić information content (AvgIpc) is 2.93. The molecule has 1 aromatic rings. The summed E-state index contributed by atoms with van der Waals surface area (Å²) in [5, 5.41) is 3.72. The molecule has 1 unspecified atom stereocenters.